The van der Waals surface area contributed by atoms with E-state index >= 15 is 0 Å². The van der Waals surface area contributed by atoms with Gasteiger partial charge in [0.2, 0.25) is 12.7 Å². The number of fused-ring (bicyclic) bond motifs is 1. The summed E-state index contributed by atoms with van der Waals surface area (Å²) in [4.78, 5) is 37.8. The minimum atomic E-state index is -4.27. The number of rotatable bonds is 8. The zero-order chi connectivity index (χ0) is 25.7. The van der Waals surface area contributed by atoms with Gasteiger partial charge in [-0.25, -0.2) is 17.9 Å². The van der Waals surface area contributed by atoms with Gasteiger partial charge in [0.25, 0.3) is 10.0 Å². The summed E-state index contributed by atoms with van der Waals surface area (Å²) in [6.07, 6.45) is 0.113. The van der Waals surface area contributed by atoms with E-state index in [1.807, 2.05) is 10.8 Å². The Morgan fingerprint density at radius 1 is 1.00 bits per heavy atom. The molecule has 4 N–H and O–H groups in total. The molecular formula is C24H24N4O8S. The summed E-state index contributed by atoms with van der Waals surface area (Å²) >= 11 is 0. The van der Waals surface area contributed by atoms with E-state index in [4.69, 9.17) is 9.47 Å². The van der Waals surface area contributed by atoms with Gasteiger partial charge in [-0.3, -0.25) is 4.79 Å². The Labute approximate surface area is 212 Å². The molecule has 0 radical (unpaired) electrons. The molecule has 13 heteroatoms. The highest BCUT2D eigenvalue weighted by Crippen LogP contribution is 2.35. The molecule has 3 aromatic rings. The number of urea groups is 1. The molecule has 0 saturated heterocycles. The number of carbonyl (C=O) groups is 2. The summed E-state index contributed by atoms with van der Waals surface area (Å²) < 4.78 is 37.8. The number of benzene rings is 3. The number of nitrogens with zero attached hydrogens (tertiary/aromatic N) is 2. The zero-order valence-corrected chi connectivity index (χ0v) is 20.4. The molecule has 0 bridgehead atoms. The molecular weight excluding hydrogens is 504 g/mol. The molecule has 12 nitrogen and oxygen atoms in total. The Hall–Kier alpha value is -4.49. The molecule has 3 amide bonds. The van der Waals surface area contributed by atoms with Crippen molar-refractivity contribution < 1.29 is 33.0 Å². The molecule has 0 aromatic heterocycles. The summed E-state index contributed by atoms with van der Waals surface area (Å²) in [5.74, 6) is 0.561. The molecule has 1 heterocycles. The van der Waals surface area contributed by atoms with Gasteiger partial charge < -0.3 is 25.2 Å². The number of sulfonamides is 1. The average molecular weight is 529 g/mol. The van der Waals surface area contributed by atoms with Crippen molar-refractivity contribution in [3.8, 4) is 11.5 Å². The van der Waals surface area contributed by atoms with Gasteiger partial charge in [0, 0.05) is 25.2 Å². The number of ether oxygens (including phenoxy) is 2. The lowest BCUT2D eigenvalue weighted by Crippen LogP contribution is -2.52. The predicted molar refractivity (Wildman–Crippen MR) is 134 cm³/mol. The molecule has 1 atom stereocenters. The van der Waals surface area contributed by atoms with Crippen LogP contribution in [0.2, 0.25) is 0 Å². The first-order valence-corrected chi connectivity index (χ1v) is 12.2. The molecule has 0 saturated carbocycles. The van der Waals surface area contributed by atoms with Crippen molar-refractivity contribution in [3.05, 3.63) is 83.3 Å². The van der Waals surface area contributed by atoms with Crippen molar-refractivity contribution in [3.63, 3.8) is 0 Å². The summed E-state index contributed by atoms with van der Waals surface area (Å²) in [6.45, 7) is 0.0810. The lowest BCUT2D eigenvalue weighted by atomic mass is 10.0. The van der Waals surface area contributed by atoms with Crippen LogP contribution in [-0.2, 0) is 21.2 Å². The van der Waals surface area contributed by atoms with E-state index in [-0.39, 0.29) is 29.3 Å². The maximum atomic E-state index is 13.4. The minimum Gasteiger partial charge on any atom is -0.454 e. The van der Waals surface area contributed by atoms with Gasteiger partial charge in [0.15, 0.2) is 11.5 Å². The first-order valence-electron chi connectivity index (χ1n) is 10.7. The van der Waals surface area contributed by atoms with Gasteiger partial charge >= 0.3 is 6.03 Å². The van der Waals surface area contributed by atoms with Gasteiger partial charge in [-0.15, -0.1) is 4.91 Å². The number of carbonyl (C=O) groups excluding carboxylic acids is 2. The highest BCUT2D eigenvalue weighted by molar-refractivity contribution is 7.90. The van der Waals surface area contributed by atoms with Crippen LogP contribution in [0, 0.1) is 4.91 Å². The van der Waals surface area contributed by atoms with E-state index in [1.54, 1.807) is 42.5 Å². The number of hydrogen-bond acceptors (Lipinski definition) is 8. The van der Waals surface area contributed by atoms with Crippen LogP contribution in [0.4, 0.5) is 16.2 Å². The zero-order valence-electron chi connectivity index (χ0n) is 19.6. The third kappa shape index (κ3) is 6.39. The maximum Gasteiger partial charge on any atom is 0.329 e. The van der Waals surface area contributed by atoms with Crippen LogP contribution >= 0.6 is 0 Å². The number of anilines is 1. The fraction of sp³-hybridized carbons (Fsp3) is 0.167. The Balaban J connectivity index is 0.00000380. The van der Waals surface area contributed by atoms with Crippen molar-refractivity contribution in [2.24, 2.45) is 5.18 Å². The van der Waals surface area contributed by atoms with Crippen LogP contribution in [-0.4, -0.2) is 45.7 Å². The standard InChI is InChI=1S/C24H22N4O7S.H2O/c1-28(18-9-12-21-22(14-18)35-15-34-21)23(29)20(13-16-5-3-2-4-6-16)25-24(30)27-36(32,33)19-10-7-17(26-31)8-11-19;/h2-12,14,20H,13,15H2,1H3,(H2,25,27,30);1H2/t20-;/m0./s1. The van der Waals surface area contributed by atoms with E-state index in [2.05, 4.69) is 10.5 Å². The van der Waals surface area contributed by atoms with Crippen LogP contribution < -0.4 is 24.4 Å². The molecule has 194 valence electrons. The van der Waals surface area contributed by atoms with Gasteiger partial charge in [-0.05, 0) is 47.1 Å². The quantitative estimate of drug-likeness (QED) is 0.421. The van der Waals surface area contributed by atoms with E-state index in [0.29, 0.717) is 17.2 Å². The Morgan fingerprint density at radius 2 is 1.68 bits per heavy atom. The predicted octanol–water partition coefficient (Wildman–Crippen LogP) is 2.25. The number of likely N-dealkylation sites (N-methyl/N-ethyl adjacent to an activating group) is 1. The molecule has 1 aliphatic heterocycles. The second-order valence-corrected chi connectivity index (χ2v) is 9.52. The second kappa shape index (κ2) is 11.5. The minimum absolute atomic E-state index is 0. The molecule has 0 unspecified atom stereocenters. The van der Waals surface area contributed by atoms with Gasteiger partial charge in [0.1, 0.15) is 11.7 Å². The molecule has 3 aromatic carbocycles. The Kier molecular flexibility index (Phi) is 8.42. The first-order chi connectivity index (χ1) is 17.3. The normalized spacial score (nSPS) is 12.6. The smallest absolute Gasteiger partial charge is 0.329 e. The molecule has 0 spiro atoms. The molecule has 0 fully saturated rings. The van der Waals surface area contributed by atoms with Gasteiger partial charge in [-0.1, -0.05) is 30.3 Å². The number of hydrogen-bond donors (Lipinski definition) is 2. The first kappa shape index (κ1) is 27.1. The van der Waals surface area contributed by atoms with Crippen LogP contribution in [0.15, 0.2) is 82.9 Å². The van der Waals surface area contributed by atoms with Gasteiger partial charge in [0.05, 0.1) is 4.90 Å². The summed E-state index contributed by atoms with van der Waals surface area (Å²) in [5, 5.41) is 5.18. The van der Waals surface area contributed by atoms with Crippen molar-refractivity contribution in [2.75, 3.05) is 18.7 Å². The van der Waals surface area contributed by atoms with Crippen LogP contribution in [0.1, 0.15) is 5.56 Å². The van der Waals surface area contributed by atoms with Crippen molar-refractivity contribution in [1.82, 2.24) is 10.0 Å². The molecule has 37 heavy (non-hydrogen) atoms. The number of amides is 3. The summed E-state index contributed by atoms with van der Waals surface area (Å²) in [6, 6.07) is 16.5. The van der Waals surface area contributed by atoms with Crippen molar-refractivity contribution in [2.45, 2.75) is 17.4 Å². The van der Waals surface area contributed by atoms with E-state index in [1.165, 1.54) is 24.1 Å². The second-order valence-electron chi connectivity index (χ2n) is 7.84. The van der Waals surface area contributed by atoms with E-state index in [0.717, 1.165) is 17.7 Å². The maximum absolute atomic E-state index is 13.4. The van der Waals surface area contributed by atoms with E-state index < -0.39 is 28.0 Å². The van der Waals surface area contributed by atoms with Crippen LogP contribution in [0.5, 0.6) is 11.5 Å². The number of nitrogens with one attached hydrogen (secondary N) is 2. The molecule has 1 aliphatic rings. The van der Waals surface area contributed by atoms with Crippen molar-refractivity contribution in [1.29, 1.82) is 0 Å². The average Bonchev–Trinajstić information content (AvgIpc) is 3.36. The highest BCUT2D eigenvalue weighted by atomic mass is 32.2. The fourth-order valence-corrected chi connectivity index (χ4v) is 4.47. The summed E-state index contributed by atoms with van der Waals surface area (Å²) in [5.41, 5.74) is 1.30. The monoisotopic (exact) mass is 528 g/mol. The van der Waals surface area contributed by atoms with Gasteiger partial charge in [-0.2, -0.15) is 0 Å². The Morgan fingerprint density at radius 3 is 2.35 bits per heavy atom. The lowest BCUT2D eigenvalue weighted by molar-refractivity contribution is -0.120. The molecule has 4 rings (SSSR count). The lowest BCUT2D eigenvalue weighted by Gasteiger charge is -2.25. The Bertz CT molecular complexity index is 1380. The topological polar surface area (TPSA) is 175 Å². The third-order valence-corrected chi connectivity index (χ3v) is 6.79. The molecule has 0 aliphatic carbocycles. The fourth-order valence-electron chi connectivity index (χ4n) is 3.56. The van der Waals surface area contributed by atoms with Crippen LogP contribution in [0.3, 0.4) is 0 Å². The van der Waals surface area contributed by atoms with Crippen LogP contribution in [0.25, 0.3) is 0 Å². The highest BCUT2D eigenvalue weighted by Gasteiger charge is 2.28. The van der Waals surface area contributed by atoms with Crippen molar-refractivity contribution >= 4 is 33.3 Å². The summed E-state index contributed by atoms with van der Waals surface area (Å²) in [7, 11) is -2.73. The number of nitroso groups, excluding NO2 is 1. The third-order valence-electron chi connectivity index (χ3n) is 5.44. The largest absolute Gasteiger partial charge is 0.454 e. The SMILES string of the molecule is CN(C(=O)[C@H](Cc1ccccc1)NC(=O)NS(=O)(=O)c1ccc(N=O)cc1)c1ccc2c(c1)OCO2.O. The van der Waals surface area contributed by atoms with E-state index in [9.17, 15) is 22.9 Å².